The molecule has 0 amide bonds. The molecule has 0 bridgehead atoms. The van der Waals surface area contributed by atoms with Gasteiger partial charge in [-0.2, -0.15) is 5.26 Å². The van der Waals surface area contributed by atoms with Gasteiger partial charge in [-0.25, -0.2) is 4.98 Å². The van der Waals surface area contributed by atoms with Crippen LogP contribution in [0.5, 0.6) is 0 Å². The number of likely N-dealkylation sites (tertiary alicyclic amines) is 1. The van der Waals surface area contributed by atoms with Gasteiger partial charge in [-0.3, -0.25) is 9.69 Å². The molecule has 1 saturated heterocycles. The van der Waals surface area contributed by atoms with E-state index >= 15 is 0 Å². The van der Waals surface area contributed by atoms with Crippen molar-refractivity contribution in [3.63, 3.8) is 0 Å². The summed E-state index contributed by atoms with van der Waals surface area (Å²) in [5.74, 6) is -0.751. The zero-order chi connectivity index (χ0) is 14.6. The summed E-state index contributed by atoms with van der Waals surface area (Å²) < 4.78 is 0. The van der Waals surface area contributed by atoms with Gasteiger partial charge in [0.05, 0.1) is 0 Å². The summed E-state index contributed by atoms with van der Waals surface area (Å²) in [5, 5.41) is 18.7. The second kappa shape index (κ2) is 6.02. The van der Waals surface area contributed by atoms with E-state index in [1.54, 1.807) is 12.3 Å². The summed E-state index contributed by atoms with van der Waals surface area (Å²) in [6.07, 6.45) is 4.63. The number of aromatic nitrogens is 1. The first kappa shape index (κ1) is 14.5. The Bertz CT molecular complexity index is 538. The number of nitrogens with zero attached hydrogens (tertiary/aromatic N) is 3. The molecule has 1 fully saturated rings. The Hall–Kier alpha value is -1.93. The lowest BCUT2D eigenvalue weighted by Crippen LogP contribution is -2.50. The third-order valence-electron chi connectivity index (χ3n) is 4.04. The van der Waals surface area contributed by atoms with Crippen LogP contribution in [0.4, 0.5) is 0 Å². The number of carboxylic acid groups (broad SMARTS) is 1. The molecule has 5 nitrogen and oxygen atoms in total. The van der Waals surface area contributed by atoms with Crippen LogP contribution in [-0.2, 0) is 11.3 Å². The first-order valence-electron chi connectivity index (χ1n) is 6.96. The van der Waals surface area contributed by atoms with Crippen LogP contribution in [0.15, 0.2) is 18.3 Å². The molecule has 2 rings (SSSR count). The molecule has 2 heterocycles. The number of rotatable bonds is 5. The summed E-state index contributed by atoms with van der Waals surface area (Å²) in [6, 6.07) is 5.71. The normalized spacial score (nSPS) is 22.6. The van der Waals surface area contributed by atoms with E-state index < -0.39 is 11.5 Å². The van der Waals surface area contributed by atoms with Crippen LogP contribution in [0.1, 0.15) is 43.9 Å². The molecule has 1 aromatic rings. The number of hydrogen-bond acceptors (Lipinski definition) is 4. The summed E-state index contributed by atoms with van der Waals surface area (Å²) in [5.41, 5.74) is 0.408. The van der Waals surface area contributed by atoms with Crippen molar-refractivity contribution in [2.24, 2.45) is 0 Å². The van der Waals surface area contributed by atoms with Crippen molar-refractivity contribution in [1.82, 2.24) is 9.88 Å². The molecular formula is C15H19N3O2. The van der Waals surface area contributed by atoms with E-state index in [1.807, 2.05) is 17.9 Å². The van der Waals surface area contributed by atoms with Gasteiger partial charge in [0.1, 0.15) is 17.3 Å². The molecule has 5 heteroatoms. The molecule has 1 atom stereocenters. The Morgan fingerprint density at radius 1 is 1.65 bits per heavy atom. The van der Waals surface area contributed by atoms with Crippen LogP contribution >= 0.6 is 0 Å². The highest BCUT2D eigenvalue weighted by molar-refractivity contribution is 5.79. The molecule has 1 aliphatic heterocycles. The van der Waals surface area contributed by atoms with Crippen molar-refractivity contribution in [2.75, 3.05) is 6.54 Å². The van der Waals surface area contributed by atoms with Gasteiger partial charge in [-0.05, 0) is 31.9 Å². The molecule has 0 aromatic carbocycles. The standard InChI is InChI=1S/C15H19N3O2/c1-2-6-15(14(19)20)7-4-9-18(15)11-12-5-3-8-17-13(12)10-16/h3,5,8H,2,4,6-7,9,11H2,1H3,(H,19,20). The van der Waals surface area contributed by atoms with Gasteiger partial charge < -0.3 is 5.11 Å². The van der Waals surface area contributed by atoms with E-state index in [4.69, 9.17) is 5.26 Å². The largest absolute Gasteiger partial charge is 0.480 e. The van der Waals surface area contributed by atoms with Crippen LogP contribution in [0.2, 0.25) is 0 Å². The van der Waals surface area contributed by atoms with Crippen LogP contribution in [-0.4, -0.2) is 33.0 Å². The van der Waals surface area contributed by atoms with E-state index in [0.717, 1.165) is 24.9 Å². The Labute approximate surface area is 118 Å². The molecule has 0 aliphatic carbocycles. The molecule has 1 unspecified atom stereocenters. The molecule has 20 heavy (non-hydrogen) atoms. The van der Waals surface area contributed by atoms with Gasteiger partial charge in [-0.1, -0.05) is 19.4 Å². The fourth-order valence-corrected chi connectivity index (χ4v) is 3.08. The highest BCUT2D eigenvalue weighted by atomic mass is 16.4. The lowest BCUT2D eigenvalue weighted by molar-refractivity contribution is -0.150. The quantitative estimate of drug-likeness (QED) is 0.889. The number of nitriles is 1. The van der Waals surface area contributed by atoms with E-state index in [1.165, 1.54) is 0 Å². The van der Waals surface area contributed by atoms with Crippen molar-refractivity contribution >= 4 is 5.97 Å². The number of aliphatic carboxylic acids is 1. The topological polar surface area (TPSA) is 77.2 Å². The first-order valence-corrected chi connectivity index (χ1v) is 6.96. The van der Waals surface area contributed by atoms with Gasteiger partial charge in [0.2, 0.25) is 0 Å². The van der Waals surface area contributed by atoms with Gasteiger partial charge in [-0.15, -0.1) is 0 Å². The average Bonchev–Trinajstić information content (AvgIpc) is 2.84. The molecule has 0 saturated carbocycles. The fourth-order valence-electron chi connectivity index (χ4n) is 3.08. The lowest BCUT2D eigenvalue weighted by Gasteiger charge is -2.34. The van der Waals surface area contributed by atoms with E-state index in [0.29, 0.717) is 25.1 Å². The molecule has 0 radical (unpaired) electrons. The highest BCUT2D eigenvalue weighted by Crippen LogP contribution is 2.35. The third kappa shape index (κ3) is 2.52. The summed E-state index contributed by atoms with van der Waals surface area (Å²) >= 11 is 0. The highest BCUT2D eigenvalue weighted by Gasteiger charge is 2.46. The maximum atomic E-state index is 11.7. The van der Waals surface area contributed by atoms with Gasteiger partial charge in [0.25, 0.3) is 0 Å². The van der Waals surface area contributed by atoms with Crippen molar-refractivity contribution in [3.8, 4) is 6.07 Å². The molecule has 106 valence electrons. The Balaban J connectivity index is 2.27. The van der Waals surface area contributed by atoms with Crippen molar-refractivity contribution in [2.45, 2.75) is 44.7 Å². The predicted octanol–water partition coefficient (Wildman–Crippen LogP) is 2.17. The number of carbonyl (C=O) groups is 1. The Morgan fingerprint density at radius 2 is 2.45 bits per heavy atom. The zero-order valence-corrected chi connectivity index (χ0v) is 11.7. The smallest absolute Gasteiger partial charge is 0.324 e. The second-order valence-electron chi connectivity index (χ2n) is 5.23. The second-order valence-corrected chi connectivity index (χ2v) is 5.23. The van der Waals surface area contributed by atoms with Gasteiger partial charge in [0.15, 0.2) is 0 Å². The number of hydrogen-bond donors (Lipinski definition) is 1. The Morgan fingerprint density at radius 3 is 3.10 bits per heavy atom. The zero-order valence-electron chi connectivity index (χ0n) is 11.7. The van der Waals surface area contributed by atoms with Crippen molar-refractivity contribution < 1.29 is 9.90 Å². The summed E-state index contributed by atoms with van der Waals surface area (Å²) in [4.78, 5) is 17.8. The van der Waals surface area contributed by atoms with Crippen LogP contribution in [0.3, 0.4) is 0 Å². The summed E-state index contributed by atoms with van der Waals surface area (Å²) in [6.45, 7) is 3.24. The minimum atomic E-state index is -0.780. The third-order valence-corrected chi connectivity index (χ3v) is 4.04. The number of pyridine rings is 1. The SMILES string of the molecule is CCCC1(C(=O)O)CCCN1Cc1cccnc1C#N. The minimum absolute atomic E-state index is 0.384. The monoisotopic (exact) mass is 273 g/mol. The number of carboxylic acids is 1. The lowest BCUT2D eigenvalue weighted by atomic mass is 9.90. The van der Waals surface area contributed by atoms with Gasteiger partial charge >= 0.3 is 5.97 Å². The maximum Gasteiger partial charge on any atom is 0.324 e. The first-order chi connectivity index (χ1) is 9.64. The molecule has 1 N–H and O–H groups in total. The maximum absolute atomic E-state index is 11.7. The van der Waals surface area contributed by atoms with Gasteiger partial charge in [0, 0.05) is 18.3 Å². The van der Waals surface area contributed by atoms with E-state index in [2.05, 4.69) is 11.1 Å². The molecule has 1 aliphatic rings. The molecule has 1 aromatic heterocycles. The summed E-state index contributed by atoms with van der Waals surface area (Å²) in [7, 11) is 0. The van der Waals surface area contributed by atoms with Crippen LogP contribution in [0.25, 0.3) is 0 Å². The average molecular weight is 273 g/mol. The fraction of sp³-hybridized carbons (Fsp3) is 0.533. The molecular weight excluding hydrogens is 254 g/mol. The van der Waals surface area contributed by atoms with Crippen LogP contribution < -0.4 is 0 Å². The van der Waals surface area contributed by atoms with Crippen molar-refractivity contribution in [1.29, 1.82) is 5.26 Å². The van der Waals surface area contributed by atoms with E-state index in [-0.39, 0.29) is 0 Å². The van der Waals surface area contributed by atoms with Crippen molar-refractivity contribution in [3.05, 3.63) is 29.6 Å². The predicted molar refractivity (Wildman–Crippen MR) is 73.9 cm³/mol. The minimum Gasteiger partial charge on any atom is -0.480 e. The van der Waals surface area contributed by atoms with Crippen LogP contribution in [0, 0.1) is 11.3 Å². The molecule has 0 spiro atoms. The Kier molecular flexibility index (Phi) is 4.35. The van der Waals surface area contributed by atoms with E-state index in [9.17, 15) is 9.90 Å².